The number of methoxy groups -OCH3 is 2. The number of carbonyl (C=O) groups is 1. The molecule has 1 amide bonds. The van der Waals surface area contributed by atoms with Crippen LogP contribution in [0.25, 0.3) is 11.5 Å². The van der Waals surface area contributed by atoms with Crippen LogP contribution in [0.2, 0.25) is 0 Å². The molecule has 0 unspecified atom stereocenters. The highest BCUT2D eigenvalue weighted by molar-refractivity contribution is 5.79. The third-order valence-electron chi connectivity index (χ3n) is 6.18. The molecule has 8 heteroatoms. The lowest BCUT2D eigenvalue weighted by molar-refractivity contribution is -0.132. The minimum Gasteiger partial charge on any atom is -0.497 e. The second-order valence-corrected chi connectivity index (χ2v) is 8.09. The Morgan fingerprint density at radius 1 is 1.16 bits per heavy atom. The number of amides is 1. The Kier molecular flexibility index (Phi) is 6.80. The van der Waals surface area contributed by atoms with Gasteiger partial charge in [-0.05, 0) is 49.1 Å². The summed E-state index contributed by atoms with van der Waals surface area (Å²) in [6.45, 7) is 1.89. The number of carbonyl (C=O) groups excluding carboxylic acids is 1. The third-order valence-corrected chi connectivity index (χ3v) is 6.18. The molecular weight excluding hydrogens is 408 g/mol. The number of benzene rings is 1. The van der Waals surface area contributed by atoms with Crippen LogP contribution in [0.5, 0.6) is 5.75 Å². The number of nitrogens with zero attached hydrogens (tertiary/aromatic N) is 4. The standard InChI is InChI=1S/C24H28N4O4/c1-30-15-11-24(23-26-22(32-27-23)19-4-3-12-25-17-19)9-13-28(14-10-24)21(29)16-18-5-7-20(31-2)8-6-18/h3-8,12,17H,9-11,13-16H2,1-2H3. The van der Waals surface area contributed by atoms with Crippen LogP contribution in [0.1, 0.15) is 30.7 Å². The van der Waals surface area contributed by atoms with Gasteiger partial charge in [0.1, 0.15) is 5.75 Å². The lowest BCUT2D eigenvalue weighted by Gasteiger charge is -2.39. The molecule has 168 valence electrons. The first-order chi connectivity index (χ1) is 15.6. The lowest BCUT2D eigenvalue weighted by Crippen LogP contribution is -2.46. The second kappa shape index (κ2) is 9.91. The smallest absolute Gasteiger partial charge is 0.259 e. The van der Waals surface area contributed by atoms with Crippen LogP contribution in [-0.2, 0) is 21.4 Å². The van der Waals surface area contributed by atoms with Gasteiger partial charge in [0.25, 0.3) is 5.89 Å². The van der Waals surface area contributed by atoms with Gasteiger partial charge < -0.3 is 18.9 Å². The Labute approximate surface area is 187 Å². The molecule has 1 aliphatic heterocycles. The summed E-state index contributed by atoms with van der Waals surface area (Å²) in [4.78, 5) is 23.6. The Hall–Kier alpha value is -3.26. The number of hydrogen-bond acceptors (Lipinski definition) is 7. The van der Waals surface area contributed by atoms with Crippen molar-refractivity contribution in [2.24, 2.45) is 0 Å². The van der Waals surface area contributed by atoms with Crippen LogP contribution in [0.15, 0.2) is 53.3 Å². The molecular formula is C24H28N4O4. The van der Waals surface area contributed by atoms with Crippen LogP contribution in [0.4, 0.5) is 0 Å². The second-order valence-electron chi connectivity index (χ2n) is 8.09. The summed E-state index contributed by atoms with van der Waals surface area (Å²) in [5, 5.41) is 4.31. The molecule has 2 aromatic heterocycles. The molecule has 1 aliphatic rings. The first-order valence-corrected chi connectivity index (χ1v) is 10.8. The van der Waals surface area contributed by atoms with Crippen molar-refractivity contribution < 1.29 is 18.8 Å². The number of likely N-dealkylation sites (tertiary alicyclic amines) is 1. The molecule has 0 radical (unpaired) electrons. The quantitative estimate of drug-likeness (QED) is 0.535. The maximum atomic E-state index is 12.9. The molecule has 1 fully saturated rings. The van der Waals surface area contributed by atoms with Crippen LogP contribution >= 0.6 is 0 Å². The average Bonchev–Trinajstić information content (AvgIpc) is 3.35. The predicted molar refractivity (Wildman–Crippen MR) is 118 cm³/mol. The molecule has 8 nitrogen and oxygen atoms in total. The lowest BCUT2D eigenvalue weighted by atomic mass is 9.75. The average molecular weight is 437 g/mol. The third kappa shape index (κ3) is 4.80. The molecule has 4 rings (SSSR count). The molecule has 0 atom stereocenters. The number of piperidine rings is 1. The van der Waals surface area contributed by atoms with Crippen LogP contribution in [0.3, 0.4) is 0 Å². The van der Waals surface area contributed by atoms with Crippen molar-refractivity contribution in [1.82, 2.24) is 20.0 Å². The number of rotatable bonds is 8. The fraction of sp³-hybridized carbons (Fsp3) is 0.417. The number of hydrogen-bond donors (Lipinski definition) is 0. The number of ether oxygens (including phenoxy) is 2. The minimum absolute atomic E-state index is 0.125. The highest BCUT2D eigenvalue weighted by Crippen LogP contribution is 2.38. The van der Waals surface area contributed by atoms with E-state index < -0.39 is 0 Å². The van der Waals surface area contributed by atoms with E-state index in [-0.39, 0.29) is 11.3 Å². The van der Waals surface area contributed by atoms with E-state index in [1.807, 2.05) is 41.3 Å². The Balaban J connectivity index is 1.45. The molecule has 32 heavy (non-hydrogen) atoms. The molecule has 0 N–H and O–H groups in total. The van der Waals surface area contributed by atoms with Gasteiger partial charge in [0.05, 0.1) is 19.1 Å². The highest BCUT2D eigenvalue weighted by Gasteiger charge is 2.41. The Bertz CT molecular complexity index is 1010. The van der Waals surface area contributed by atoms with E-state index in [1.54, 1.807) is 26.6 Å². The number of pyridine rings is 1. The summed E-state index contributed by atoms with van der Waals surface area (Å²) < 4.78 is 16.1. The van der Waals surface area contributed by atoms with Gasteiger partial charge >= 0.3 is 0 Å². The monoisotopic (exact) mass is 436 g/mol. The summed E-state index contributed by atoms with van der Waals surface area (Å²) in [5.41, 5.74) is 1.49. The Morgan fingerprint density at radius 2 is 1.94 bits per heavy atom. The van der Waals surface area contributed by atoms with Crippen LogP contribution in [0, 0.1) is 0 Å². The zero-order valence-corrected chi connectivity index (χ0v) is 18.5. The largest absolute Gasteiger partial charge is 0.497 e. The molecule has 0 spiro atoms. The maximum Gasteiger partial charge on any atom is 0.259 e. The van der Waals surface area contributed by atoms with E-state index in [0.29, 0.717) is 37.8 Å². The van der Waals surface area contributed by atoms with Gasteiger partial charge in [0, 0.05) is 44.6 Å². The Morgan fingerprint density at radius 3 is 2.59 bits per heavy atom. The first kappa shape index (κ1) is 22.0. The molecule has 3 aromatic rings. The van der Waals surface area contributed by atoms with Crippen molar-refractivity contribution in [3.63, 3.8) is 0 Å². The van der Waals surface area contributed by atoms with Gasteiger partial charge in [0.2, 0.25) is 5.91 Å². The van der Waals surface area contributed by atoms with E-state index in [0.717, 1.165) is 36.1 Å². The van der Waals surface area contributed by atoms with E-state index >= 15 is 0 Å². The van der Waals surface area contributed by atoms with Crippen LogP contribution in [-0.4, -0.2) is 59.8 Å². The maximum absolute atomic E-state index is 12.9. The van der Waals surface area contributed by atoms with Gasteiger partial charge in [0.15, 0.2) is 5.82 Å². The fourth-order valence-electron chi connectivity index (χ4n) is 4.14. The number of aromatic nitrogens is 3. The highest BCUT2D eigenvalue weighted by atomic mass is 16.5. The van der Waals surface area contributed by atoms with E-state index in [1.165, 1.54) is 0 Å². The topological polar surface area (TPSA) is 90.6 Å². The van der Waals surface area contributed by atoms with E-state index in [9.17, 15) is 4.79 Å². The zero-order valence-electron chi connectivity index (χ0n) is 18.5. The fourth-order valence-corrected chi connectivity index (χ4v) is 4.14. The molecule has 0 saturated carbocycles. The molecule has 1 saturated heterocycles. The first-order valence-electron chi connectivity index (χ1n) is 10.8. The van der Waals surface area contributed by atoms with E-state index in [2.05, 4.69) is 10.1 Å². The van der Waals surface area contributed by atoms with Gasteiger partial charge in [-0.1, -0.05) is 17.3 Å². The molecule has 0 bridgehead atoms. The zero-order chi connectivity index (χ0) is 22.4. The van der Waals surface area contributed by atoms with Crippen molar-refractivity contribution in [1.29, 1.82) is 0 Å². The van der Waals surface area contributed by atoms with Crippen molar-refractivity contribution in [3.05, 3.63) is 60.2 Å². The van der Waals surface area contributed by atoms with Gasteiger partial charge in [-0.3, -0.25) is 9.78 Å². The van der Waals surface area contributed by atoms with Crippen molar-refractivity contribution >= 4 is 5.91 Å². The summed E-state index contributed by atoms with van der Waals surface area (Å²) in [6, 6.07) is 11.4. The van der Waals surface area contributed by atoms with Crippen molar-refractivity contribution in [2.75, 3.05) is 33.9 Å². The van der Waals surface area contributed by atoms with Gasteiger partial charge in [-0.15, -0.1) is 0 Å². The van der Waals surface area contributed by atoms with Crippen molar-refractivity contribution in [2.45, 2.75) is 31.1 Å². The SMILES string of the molecule is COCCC1(c2noc(-c3cccnc3)n2)CCN(C(=O)Cc2ccc(OC)cc2)CC1. The minimum atomic E-state index is -0.281. The van der Waals surface area contributed by atoms with E-state index in [4.69, 9.17) is 19.0 Å². The molecule has 1 aromatic carbocycles. The van der Waals surface area contributed by atoms with Crippen molar-refractivity contribution in [3.8, 4) is 17.2 Å². The van der Waals surface area contributed by atoms with Crippen LogP contribution < -0.4 is 4.74 Å². The van der Waals surface area contributed by atoms with Gasteiger partial charge in [-0.2, -0.15) is 4.98 Å². The predicted octanol–water partition coefficient (Wildman–Crippen LogP) is 3.28. The molecule has 3 heterocycles. The summed E-state index contributed by atoms with van der Waals surface area (Å²) in [5.74, 6) is 2.05. The van der Waals surface area contributed by atoms with Gasteiger partial charge in [-0.25, -0.2) is 0 Å². The molecule has 0 aliphatic carbocycles. The summed E-state index contributed by atoms with van der Waals surface area (Å²) in [7, 11) is 3.33. The summed E-state index contributed by atoms with van der Waals surface area (Å²) in [6.07, 6.45) is 6.09. The summed E-state index contributed by atoms with van der Waals surface area (Å²) >= 11 is 0. The normalized spacial score (nSPS) is 15.5.